The predicted octanol–water partition coefficient (Wildman–Crippen LogP) is 0.153. The summed E-state index contributed by atoms with van der Waals surface area (Å²) in [6.45, 7) is 0. The van der Waals surface area contributed by atoms with Crippen molar-refractivity contribution in [3.8, 4) is 5.75 Å². The summed E-state index contributed by atoms with van der Waals surface area (Å²) in [5.41, 5.74) is 5.66. The smallest absolute Gasteiger partial charge is 0.326 e. The standard InChI is InChI=1S/C14H16N2O5/c1-21-10-5-2-9(3-6-10)4-7-13(18)16-11(14(19)20)8-12(15)17/h2-7,11H,8H2,1H3,(H2,15,17)(H,16,18)(H,19,20)/b7-4+. The Morgan fingerprint density at radius 1 is 1.33 bits per heavy atom. The number of aliphatic carboxylic acids is 1. The van der Waals surface area contributed by atoms with Gasteiger partial charge in [-0.2, -0.15) is 0 Å². The first-order valence-corrected chi connectivity index (χ1v) is 6.06. The first-order chi connectivity index (χ1) is 9.92. The highest BCUT2D eigenvalue weighted by atomic mass is 16.5. The van der Waals surface area contributed by atoms with Crippen LogP contribution >= 0.6 is 0 Å². The molecular weight excluding hydrogens is 276 g/mol. The fourth-order valence-electron chi connectivity index (χ4n) is 1.51. The molecule has 4 N–H and O–H groups in total. The largest absolute Gasteiger partial charge is 0.497 e. The van der Waals surface area contributed by atoms with Crippen molar-refractivity contribution in [3.05, 3.63) is 35.9 Å². The maximum absolute atomic E-state index is 11.6. The first kappa shape index (κ1) is 16.2. The molecule has 0 saturated heterocycles. The minimum atomic E-state index is -1.34. The molecule has 0 spiro atoms. The number of benzene rings is 1. The molecule has 0 aromatic heterocycles. The number of carbonyl (C=O) groups excluding carboxylic acids is 2. The highest BCUT2D eigenvalue weighted by Crippen LogP contribution is 2.12. The van der Waals surface area contributed by atoms with E-state index in [2.05, 4.69) is 5.32 Å². The molecule has 0 fully saturated rings. The molecule has 1 unspecified atom stereocenters. The van der Waals surface area contributed by atoms with Crippen LogP contribution in [0.1, 0.15) is 12.0 Å². The normalized spacial score (nSPS) is 11.9. The van der Waals surface area contributed by atoms with Crippen molar-refractivity contribution in [2.24, 2.45) is 5.73 Å². The molecule has 0 aliphatic heterocycles. The lowest BCUT2D eigenvalue weighted by atomic mass is 10.2. The van der Waals surface area contributed by atoms with Gasteiger partial charge < -0.3 is 20.9 Å². The van der Waals surface area contributed by atoms with Gasteiger partial charge in [0.2, 0.25) is 11.8 Å². The van der Waals surface area contributed by atoms with Crippen molar-refractivity contribution in [3.63, 3.8) is 0 Å². The first-order valence-electron chi connectivity index (χ1n) is 6.06. The number of primary amides is 1. The molecule has 0 radical (unpaired) electrons. The van der Waals surface area contributed by atoms with Crippen LogP contribution in [0.5, 0.6) is 5.75 Å². The van der Waals surface area contributed by atoms with Crippen molar-refractivity contribution in [2.75, 3.05) is 7.11 Å². The Labute approximate surface area is 121 Å². The Balaban J connectivity index is 2.63. The van der Waals surface area contributed by atoms with E-state index in [1.165, 1.54) is 12.2 Å². The van der Waals surface area contributed by atoms with Crippen molar-refractivity contribution in [2.45, 2.75) is 12.5 Å². The van der Waals surface area contributed by atoms with Crippen LogP contribution in [-0.4, -0.2) is 36.0 Å². The van der Waals surface area contributed by atoms with Gasteiger partial charge in [0.1, 0.15) is 11.8 Å². The van der Waals surface area contributed by atoms with Crippen molar-refractivity contribution in [1.29, 1.82) is 0 Å². The van der Waals surface area contributed by atoms with E-state index in [-0.39, 0.29) is 0 Å². The second-order valence-electron chi connectivity index (χ2n) is 4.18. The lowest BCUT2D eigenvalue weighted by molar-refractivity contribution is -0.142. The number of hydrogen-bond donors (Lipinski definition) is 3. The van der Waals surface area contributed by atoms with Crippen LogP contribution in [0.15, 0.2) is 30.3 Å². The zero-order chi connectivity index (χ0) is 15.8. The molecule has 0 heterocycles. The predicted molar refractivity (Wildman–Crippen MR) is 75.4 cm³/mol. The van der Waals surface area contributed by atoms with Gasteiger partial charge in [0.15, 0.2) is 0 Å². The summed E-state index contributed by atoms with van der Waals surface area (Å²) in [5.74, 6) is -2.06. The van der Waals surface area contributed by atoms with Crippen LogP contribution in [0.4, 0.5) is 0 Å². The molecule has 21 heavy (non-hydrogen) atoms. The monoisotopic (exact) mass is 292 g/mol. The van der Waals surface area contributed by atoms with Gasteiger partial charge in [-0.3, -0.25) is 9.59 Å². The number of methoxy groups -OCH3 is 1. The van der Waals surface area contributed by atoms with Crippen LogP contribution in [0.25, 0.3) is 6.08 Å². The minimum Gasteiger partial charge on any atom is -0.497 e. The molecule has 0 saturated carbocycles. The number of hydrogen-bond acceptors (Lipinski definition) is 4. The van der Waals surface area contributed by atoms with E-state index in [9.17, 15) is 14.4 Å². The zero-order valence-electron chi connectivity index (χ0n) is 11.4. The van der Waals surface area contributed by atoms with Gasteiger partial charge in [0.25, 0.3) is 0 Å². The van der Waals surface area contributed by atoms with Crippen LogP contribution in [0.3, 0.4) is 0 Å². The lowest BCUT2D eigenvalue weighted by Gasteiger charge is -2.10. The van der Waals surface area contributed by atoms with Crippen LogP contribution in [0, 0.1) is 0 Å². The number of nitrogens with two attached hydrogens (primary N) is 1. The molecule has 7 heteroatoms. The van der Waals surface area contributed by atoms with E-state index in [1.54, 1.807) is 31.4 Å². The number of amides is 2. The molecule has 112 valence electrons. The quantitative estimate of drug-likeness (QED) is 0.618. The summed E-state index contributed by atoms with van der Waals surface area (Å²) >= 11 is 0. The molecule has 1 aromatic carbocycles. The van der Waals surface area contributed by atoms with Gasteiger partial charge in [-0.25, -0.2) is 4.79 Å². The van der Waals surface area contributed by atoms with Crippen molar-refractivity contribution < 1.29 is 24.2 Å². The maximum Gasteiger partial charge on any atom is 0.326 e. The van der Waals surface area contributed by atoms with E-state index in [0.29, 0.717) is 5.75 Å². The van der Waals surface area contributed by atoms with Crippen molar-refractivity contribution >= 4 is 23.9 Å². The fraction of sp³-hybridized carbons (Fsp3) is 0.214. The molecule has 1 rings (SSSR count). The van der Waals surface area contributed by atoms with Crippen molar-refractivity contribution in [1.82, 2.24) is 5.32 Å². The third-order valence-electron chi connectivity index (χ3n) is 2.56. The molecule has 7 nitrogen and oxygen atoms in total. The molecule has 0 aliphatic carbocycles. The van der Waals surface area contributed by atoms with Gasteiger partial charge >= 0.3 is 5.97 Å². The van der Waals surface area contributed by atoms with Gasteiger partial charge in [0, 0.05) is 6.08 Å². The topological polar surface area (TPSA) is 119 Å². The molecule has 2 amide bonds. The summed E-state index contributed by atoms with van der Waals surface area (Å²) in [6, 6.07) is 5.59. The average molecular weight is 292 g/mol. The molecule has 0 aliphatic rings. The number of carboxylic acid groups (broad SMARTS) is 1. The third kappa shape index (κ3) is 5.77. The van der Waals surface area contributed by atoms with Crippen LogP contribution < -0.4 is 15.8 Å². The Kier molecular flexibility index (Phi) is 5.94. The molecule has 0 bridgehead atoms. The van der Waals surface area contributed by atoms with Gasteiger partial charge in [-0.05, 0) is 23.8 Å². The minimum absolute atomic E-state index is 0.461. The Hall–Kier alpha value is -2.83. The van der Waals surface area contributed by atoms with E-state index in [0.717, 1.165) is 5.56 Å². The Bertz CT molecular complexity index is 551. The lowest BCUT2D eigenvalue weighted by Crippen LogP contribution is -2.42. The van der Waals surface area contributed by atoms with Crippen LogP contribution in [0.2, 0.25) is 0 Å². The SMILES string of the molecule is COc1ccc(/C=C/C(=O)NC(CC(N)=O)C(=O)O)cc1. The van der Waals surface area contributed by atoms with E-state index in [4.69, 9.17) is 15.6 Å². The molecule has 1 aromatic rings. The zero-order valence-corrected chi connectivity index (χ0v) is 11.4. The molecule has 1 atom stereocenters. The van der Waals surface area contributed by atoms with E-state index < -0.39 is 30.2 Å². The number of rotatable bonds is 7. The van der Waals surface area contributed by atoms with Gasteiger partial charge in [-0.15, -0.1) is 0 Å². The number of ether oxygens (including phenoxy) is 1. The average Bonchev–Trinajstić information content (AvgIpc) is 2.44. The summed E-state index contributed by atoms with van der Waals surface area (Å²) in [6.07, 6.45) is 2.23. The second kappa shape index (κ2) is 7.68. The summed E-state index contributed by atoms with van der Waals surface area (Å²) in [7, 11) is 1.54. The van der Waals surface area contributed by atoms with Gasteiger partial charge in [-0.1, -0.05) is 12.1 Å². The van der Waals surface area contributed by atoms with Crippen LogP contribution in [-0.2, 0) is 14.4 Å². The Morgan fingerprint density at radius 3 is 2.43 bits per heavy atom. The number of carbonyl (C=O) groups is 3. The summed E-state index contributed by atoms with van der Waals surface area (Å²) < 4.78 is 5.00. The third-order valence-corrected chi connectivity index (χ3v) is 2.56. The second-order valence-corrected chi connectivity index (χ2v) is 4.18. The highest BCUT2D eigenvalue weighted by molar-refractivity contribution is 5.95. The van der Waals surface area contributed by atoms with Gasteiger partial charge in [0.05, 0.1) is 13.5 Å². The van der Waals surface area contributed by atoms with E-state index in [1.807, 2.05) is 0 Å². The number of carboxylic acids is 1. The molecular formula is C14H16N2O5. The maximum atomic E-state index is 11.6. The number of nitrogens with one attached hydrogen (secondary N) is 1. The Morgan fingerprint density at radius 2 is 1.95 bits per heavy atom. The highest BCUT2D eigenvalue weighted by Gasteiger charge is 2.20. The summed E-state index contributed by atoms with van der Waals surface area (Å²) in [4.78, 5) is 33.2. The summed E-state index contributed by atoms with van der Waals surface area (Å²) in [5, 5.41) is 11.0. The fourth-order valence-corrected chi connectivity index (χ4v) is 1.51. The van der Waals surface area contributed by atoms with E-state index >= 15 is 0 Å².